The van der Waals surface area contributed by atoms with Crippen LogP contribution in [0, 0.1) is 0 Å². The third-order valence-corrected chi connectivity index (χ3v) is 6.77. The second-order valence-electron chi connectivity index (χ2n) is 8.36. The molecule has 7 nitrogen and oxygen atoms in total. The highest BCUT2D eigenvalue weighted by molar-refractivity contribution is 7.10. The molecule has 2 heterocycles. The van der Waals surface area contributed by atoms with Crippen LogP contribution >= 0.6 is 11.3 Å². The van der Waals surface area contributed by atoms with Gasteiger partial charge in [0.2, 0.25) is 5.91 Å². The van der Waals surface area contributed by atoms with Crippen molar-refractivity contribution in [3.05, 3.63) is 58.8 Å². The molecule has 1 aliphatic rings. The van der Waals surface area contributed by atoms with Crippen LogP contribution in [-0.4, -0.2) is 80.0 Å². The standard InChI is InChI=1S/C26H36N2O5S/c1-4-11-27(16-20(29)18-32-13-5-2)17-26(30)28-12-9-25-23(10-14-34-25)24(28)19-33-22-8-6-7-21(15-22)31-3/h5-8,10,14-15,20,24,29H,2,4,9,11-13,16-19H2,1,3H3/t20-,24-/m1/s1. The van der Waals surface area contributed by atoms with Crippen molar-refractivity contribution >= 4 is 17.2 Å². The number of amides is 1. The topological polar surface area (TPSA) is 71.5 Å². The average molecular weight is 489 g/mol. The van der Waals surface area contributed by atoms with Crippen molar-refractivity contribution in [3.8, 4) is 11.5 Å². The lowest BCUT2D eigenvalue weighted by molar-refractivity contribution is -0.136. The molecule has 1 aromatic carbocycles. The Labute approximate surface area is 206 Å². The van der Waals surface area contributed by atoms with Gasteiger partial charge in [-0.25, -0.2) is 0 Å². The summed E-state index contributed by atoms with van der Waals surface area (Å²) in [6.45, 7) is 8.70. The number of hydrogen-bond acceptors (Lipinski definition) is 7. The zero-order valence-electron chi connectivity index (χ0n) is 20.2. The van der Waals surface area contributed by atoms with E-state index < -0.39 is 6.10 Å². The van der Waals surface area contributed by atoms with E-state index in [1.165, 1.54) is 4.88 Å². The summed E-state index contributed by atoms with van der Waals surface area (Å²) >= 11 is 1.73. The molecule has 1 amide bonds. The zero-order chi connectivity index (χ0) is 24.3. The van der Waals surface area contributed by atoms with E-state index in [9.17, 15) is 9.90 Å². The molecule has 0 bridgehead atoms. The summed E-state index contributed by atoms with van der Waals surface area (Å²) in [6, 6.07) is 9.45. The fraction of sp³-hybridized carbons (Fsp3) is 0.500. The van der Waals surface area contributed by atoms with Crippen LogP contribution in [0.25, 0.3) is 0 Å². The Kier molecular flexibility index (Phi) is 10.4. The molecule has 3 rings (SSSR count). The second kappa shape index (κ2) is 13.5. The number of aliphatic hydroxyl groups excluding tert-OH is 1. The van der Waals surface area contributed by atoms with Crippen molar-refractivity contribution in [1.82, 2.24) is 9.80 Å². The summed E-state index contributed by atoms with van der Waals surface area (Å²) in [6.07, 6.45) is 2.74. The quantitative estimate of drug-likeness (QED) is 0.324. The van der Waals surface area contributed by atoms with Gasteiger partial charge in [-0.2, -0.15) is 0 Å². The van der Waals surface area contributed by atoms with Crippen molar-refractivity contribution in [2.45, 2.75) is 31.9 Å². The molecular formula is C26H36N2O5S. The van der Waals surface area contributed by atoms with Crippen molar-refractivity contribution in [2.75, 3.05) is 53.1 Å². The van der Waals surface area contributed by atoms with Crippen molar-refractivity contribution in [2.24, 2.45) is 0 Å². The first kappa shape index (κ1) is 26.2. The predicted octanol–water partition coefficient (Wildman–Crippen LogP) is 3.54. The molecule has 0 unspecified atom stereocenters. The Balaban J connectivity index is 1.67. The number of carbonyl (C=O) groups is 1. The Morgan fingerprint density at radius 1 is 1.38 bits per heavy atom. The smallest absolute Gasteiger partial charge is 0.237 e. The first-order valence-corrected chi connectivity index (χ1v) is 12.6. The van der Waals surface area contributed by atoms with Crippen molar-refractivity contribution in [3.63, 3.8) is 0 Å². The molecule has 0 fully saturated rings. The first-order chi connectivity index (χ1) is 16.5. The predicted molar refractivity (Wildman–Crippen MR) is 135 cm³/mol. The van der Waals surface area contributed by atoms with E-state index in [1.54, 1.807) is 24.5 Å². The average Bonchev–Trinajstić information content (AvgIpc) is 3.32. The molecule has 0 saturated carbocycles. The summed E-state index contributed by atoms with van der Waals surface area (Å²) in [5.74, 6) is 1.49. The van der Waals surface area contributed by atoms with Crippen LogP contribution < -0.4 is 9.47 Å². The Hall–Kier alpha value is -2.39. The lowest BCUT2D eigenvalue weighted by Gasteiger charge is -2.37. The van der Waals surface area contributed by atoms with Crippen LogP contribution in [-0.2, 0) is 16.0 Å². The summed E-state index contributed by atoms with van der Waals surface area (Å²) < 4.78 is 16.8. The molecule has 0 aliphatic carbocycles. The van der Waals surface area contributed by atoms with Crippen LogP contribution in [0.15, 0.2) is 48.4 Å². The summed E-state index contributed by atoms with van der Waals surface area (Å²) in [7, 11) is 1.63. The van der Waals surface area contributed by atoms with Gasteiger partial charge in [-0.3, -0.25) is 9.69 Å². The van der Waals surface area contributed by atoms with Gasteiger partial charge in [-0.05, 0) is 48.5 Å². The van der Waals surface area contributed by atoms with Gasteiger partial charge >= 0.3 is 0 Å². The van der Waals surface area contributed by atoms with Crippen LogP contribution in [0.2, 0.25) is 0 Å². The summed E-state index contributed by atoms with van der Waals surface area (Å²) in [5.41, 5.74) is 1.16. The Morgan fingerprint density at radius 3 is 2.97 bits per heavy atom. The van der Waals surface area contributed by atoms with Crippen LogP contribution in [0.3, 0.4) is 0 Å². The molecule has 1 N–H and O–H groups in total. The lowest BCUT2D eigenvalue weighted by atomic mass is 10.0. The highest BCUT2D eigenvalue weighted by Crippen LogP contribution is 2.34. The molecule has 0 saturated heterocycles. The highest BCUT2D eigenvalue weighted by Gasteiger charge is 2.33. The SMILES string of the molecule is C=CCOC[C@H](O)CN(CCC)CC(=O)N1CCc2sccc2[C@H]1COc1cccc(OC)c1. The van der Waals surface area contributed by atoms with Crippen molar-refractivity contribution < 1.29 is 24.1 Å². The lowest BCUT2D eigenvalue weighted by Crippen LogP contribution is -2.48. The highest BCUT2D eigenvalue weighted by atomic mass is 32.1. The molecule has 1 aromatic heterocycles. The number of nitrogens with zero attached hydrogens (tertiary/aromatic N) is 2. The van der Waals surface area contributed by atoms with Gasteiger partial charge in [0.05, 0.1) is 39.0 Å². The third-order valence-electron chi connectivity index (χ3n) is 5.78. The van der Waals surface area contributed by atoms with E-state index in [2.05, 4.69) is 24.9 Å². The van der Waals surface area contributed by atoms with E-state index in [0.29, 0.717) is 32.1 Å². The van der Waals surface area contributed by atoms with Gasteiger partial charge in [-0.1, -0.05) is 19.1 Å². The maximum absolute atomic E-state index is 13.5. The molecule has 186 valence electrons. The van der Waals surface area contributed by atoms with E-state index in [0.717, 1.165) is 30.7 Å². The number of aliphatic hydroxyl groups is 1. The minimum atomic E-state index is -0.656. The molecule has 8 heteroatoms. The minimum absolute atomic E-state index is 0.0451. The van der Waals surface area contributed by atoms with Gasteiger partial charge in [0.15, 0.2) is 0 Å². The maximum atomic E-state index is 13.5. The largest absolute Gasteiger partial charge is 0.497 e. The number of ether oxygens (including phenoxy) is 3. The number of benzene rings is 1. The molecule has 2 aromatic rings. The fourth-order valence-corrected chi connectivity index (χ4v) is 5.14. The minimum Gasteiger partial charge on any atom is -0.497 e. The molecule has 0 radical (unpaired) electrons. The molecule has 2 atom stereocenters. The van der Waals surface area contributed by atoms with E-state index in [4.69, 9.17) is 14.2 Å². The number of thiophene rings is 1. The Morgan fingerprint density at radius 2 is 2.21 bits per heavy atom. The summed E-state index contributed by atoms with van der Waals surface area (Å²) in [5, 5.41) is 12.4. The molecule has 34 heavy (non-hydrogen) atoms. The van der Waals surface area contributed by atoms with Gasteiger partial charge < -0.3 is 24.2 Å². The summed E-state index contributed by atoms with van der Waals surface area (Å²) in [4.78, 5) is 18.7. The van der Waals surface area contributed by atoms with Gasteiger partial charge in [-0.15, -0.1) is 17.9 Å². The van der Waals surface area contributed by atoms with Gasteiger partial charge in [0, 0.05) is 24.0 Å². The Bertz CT molecular complexity index is 918. The normalized spacial score (nSPS) is 16.2. The number of hydrogen-bond donors (Lipinski definition) is 1. The zero-order valence-corrected chi connectivity index (χ0v) is 21.0. The monoisotopic (exact) mass is 488 g/mol. The number of carbonyl (C=O) groups excluding carboxylic acids is 1. The van der Waals surface area contributed by atoms with Crippen molar-refractivity contribution in [1.29, 1.82) is 0 Å². The van der Waals surface area contributed by atoms with E-state index in [-0.39, 0.29) is 25.1 Å². The number of methoxy groups -OCH3 is 1. The molecule has 0 spiro atoms. The maximum Gasteiger partial charge on any atom is 0.237 e. The second-order valence-corrected chi connectivity index (χ2v) is 9.36. The van der Waals surface area contributed by atoms with Gasteiger partial charge in [0.25, 0.3) is 0 Å². The van der Waals surface area contributed by atoms with E-state index >= 15 is 0 Å². The van der Waals surface area contributed by atoms with Crippen LogP contribution in [0.5, 0.6) is 11.5 Å². The van der Waals surface area contributed by atoms with Crippen LogP contribution in [0.1, 0.15) is 29.8 Å². The van der Waals surface area contributed by atoms with Crippen LogP contribution in [0.4, 0.5) is 0 Å². The first-order valence-electron chi connectivity index (χ1n) is 11.8. The fourth-order valence-electron chi connectivity index (χ4n) is 4.21. The van der Waals surface area contributed by atoms with E-state index in [1.807, 2.05) is 34.1 Å². The third kappa shape index (κ3) is 7.30. The number of rotatable bonds is 14. The molecule has 1 aliphatic heterocycles. The van der Waals surface area contributed by atoms with Gasteiger partial charge in [0.1, 0.15) is 18.1 Å². The number of fused-ring (bicyclic) bond motifs is 1. The molecular weight excluding hydrogens is 452 g/mol.